The second-order valence-electron chi connectivity index (χ2n) is 4.35. The summed E-state index contributed by atoms with van der Waals surface area (Å²) in [5.41, 5.74) is 5.29. The highest BCUT2D eigenvalue weighted by molar-refractivity contribution is 5.98. The summed E-state index contributed by atoms with van der Waals surface area (Å²) in [5, 5.41) is 11.2. The maximum atomic E-state index is 11.7. The van der Waals surface area contributed by atoms with Crippen LogP contribution in [0.3, 0.4) is 0 Å². The molecule has 86 valence electrons. The van der Waals surface area contributed by atoms with Crippen molar-refractivity contribution < 1.29 is 10.0 Å². The normalized spacial score (nSPS) is 27.9. The molecule has 5 heteroatoms. The fourth-order valence-corrected chi connectivity index (χ4v) is 1.79. The molecular weight excluding hydrogens is 194 g/mol. The minimum absolute atomic E-state index is 0.0115. The lowest BCUT2D eigenvalue weighted by atomic mass is 9.88. The molecule has 2 unspecified atom stereocenters. The average molecular weight is 213 g/mol. The first-order valence-corrected chi connectivity index (χ1v) is 5.28. The summed E-state index contributed by atoms with van der Waals surface area (Å²) < 4.78 is 0. The molecule has 0 aromatic rings. The molecule has 0 aromatic heterocycles. The van der Waals surface area contributed by atoms with Crippen LogP contribution in [0.1, 0.15) is 26.7 Å². The zero-order chi connectivity index (χ0) is 11.4. The molecule has 5 nitrogen and oxygen atoms in total. The van der Waals surface area contributed by atoms with Crippen LogP contribution in [-0.4, -0.2) is 34.9 Å². The Morgan fingerprint density at radius 1 is 1.53 bits per heavy atom. The highest BCUT2D eigenvalue weighted by Gasteiger charge is 2.25. The van der Waals surface area contributed by atoms with Gasteiger partial charge in [0.15, 0.2) is 0 Å². The summed E-state index contributed by atoms with van der Waals surface area (Å²) in [6, 6.07) is 0. The summed E-state index contributed by atoms with van der Waals surface area (Å²) in [6.07, 6.45) is 1.04. The van der Waals surface area contributed by atoms with Crippen molar-refractivity contribution >= 4 is 11.7 Å². The van der Waals surface area contributed by atoms with Crippen molar-refractivity contribution in [3.63, 3.8) is 0 Å². The van der Waals surface area contributed by atoms with Crippen LogP contribution in [0, 0.1) is 11.8 Å². The third kappa shape index (κ3) is 3.11. The van der Waals surface area contributed by atoms with E-state index in [9.17, 15) is 4.79 Å². The highest BCUT2D eigenvalue weighted by atomic mass is 16.4. The molecule has 0 aromatic carbocycles. The number of carbonyl (C=O) groups is 1. The molecule has 15 heavy (non-hydrogen) atoms. The van der Waals surface area contributed by atoms with Gasteiger partial charge in [0.05, 0.1) is 6.42 Å². The van der Waals surface area contributed by atoms with Gasteiger partial charge >= 0.3 is 0 Å². The second-order valence-corrected chi connectivity index (χ2v) is 4.35. The van der Waals surface area contributed by atoms with Crippen LogP contribution in [0.15, 0.2) is 5.16 Å². The largest absolute Gasteiger partial charge is 0.409 e. The Hall–Kier alpha value is -1.26. The van der Waals surface area contributed by atoms with E-state index < -0.39 is 0 Å². The number of oxime groups is 1. The molecule has 1 heterocycles. The molecule has 1 amide bonds. The van der Waals surface area contributed by atoms with Crippen molar-refractivity contribution in [2.45, 2.75) is 26.7 Å². The van der Waals surface area contributed by atoms with Crippen LogP contribution in [0.2, 0.25) is 0 Å². The molecule has 0 saturated carbocycles. The van der Waals surface area contributed by atoms with Gasteiger partial charge in [0.25, 0.3) is 0 Å². The summed E-state index contributed by atoms with van der Waals surface area (Å²) >= 11 is 0. The van der Waals surface area contributed by atoms with Crippen LogP contribution >= 0.6 is 0 Å². The van der Waals surface area contributed by atoms with Crippen molar-refractivity contribution in [3.8, 4) is 0 Å². The van der Waals surface area contributed by atoms with E-state index in [-0.39, 0.29) is 18.2 Å². The van der Waals surface area contributed by atoms with Crippen LogP contribution in [-0.2, 0) is 4.79 Å². The summed E-state index contributed by atoms with van der Waals surface area (Å²) in [4.78, 5) is 13.5. The monoisotopic (exact) mass is 213 g/mol. The first-order valence-electron chi connectivity index (χ1n) is 5.28. The Kier molecular flexibility index (Phi) is 3.94. The number of likely N-dealkylation sites (tertiary alicyclic amines) is 1. The molecule has 1 saturated heterocycles. The standard InChI is InChI=1S/C10H19N3O2/c1-7-3-4-13(6-8(7)2)10(14)5-9(11)12-15/h7-8,15H,3-6H2,1-2H3,(H2,11,12). The third-order valence-corrected chi connectivity index (χ3v) is 3.15. The topological polar surface area (TPSA) is 78.9 Å². The van der Waals surface area contributed by atoms with Gasteiger partial charge in [-0.3, -0.25) is 4.79 Å². The van der Waals surface area contributed by atoms with Crippen molar-refractivity contribution in [3.05, 3.63) is 0 Å². The Bertz CT molecular complexity index is 265. The first kappa shape index (κ1) is 11.8. The van der Waals surface area contributed by atoms with E-state index in [4.69, 9.17) is 10.9 Å². The number of piperidine rings is 1. The van der Waals surface area contributed by atoms with Gasteiger partial charge in [0.1, 0.15) is 5.84 Å². The number of rotatable bonds is 2. The van der Waals surface area contributed by atoms with E-state index in [1.54, 1.807) is 4.90 Å². The van der Waals surface area contributed by atoms with Gasteiger partial charge in [-0.05, 0) is 18.3 Å². The maximum absolute atomic E-state index is 11.7. The van der Waals surface area contributed by atoms with E-state index >= 15 is 0 Å². The molecule has 0 radical (unpaired) electrons. The van der Waals surface area contributed by atoms with E-state index in [2.05, 4.69) is 19.0 Å². The lowest BCUT2D eigenvalue weighted by molar-refractivity contribution is -0.132. The second kappa shape index (κ2) is 5.00. The molecule has 1 aliphatic rings. The van der Waals surface area contributed by atoms with Crippen molar-refractivity contribution in [1.29, 1.82) is 0 Å². The lowest BCUT2D eigenvalue weighted by Crippen LogP contribution is -2.43. The van der Waals surface area contributed by atoms with E-state index in [1.807, 2.05) is 0 Å². The minimum Gasteiger partial charge on any atom is -0.409 e. The Morgan fingerprint density at radius 3 is 2.73 bits per heavy atom. The van der Waals surface area contributed by atoms with E-state index in [0.29, 0.717) is 11.8 Å². The van der Waals surface area contributed by atoms with Gasteiger partial charge in [-0.1, -0.05) is 19.0 Å². The van der Waals surface area contributed by atoms with E-state index in [0.717, 1.165) is 19.5 Å². The number of amides is 1. The molecule has 1 rings (SSSR count). The van der Waals surface area contributed by atoms with Crippen molar-refractivity contribution in [2.75, 3.05) is 13.1 Å². The molecule has 0 spiro atoms. The average Bonchev–Trinajstić information content (AvgIpc) is 2.21. The maximum Gasteiger partial charge on any atom is 0.230 e. The molecular formula is C10H19N3O2. The van der Waals surface area contributed by atoms with Crippen LogP contribution in [0.5, 0.6) is 0 Å². The predicted molar refractivity (Wildman–Crippen MR) is 57.6 cm³/mol. The van der Waals surface area contributed by atoms with Gasteiger partial charge in [-0.2, -0.15) is 0 Å². The number of hydrogen-bond acceptors (Lipinski definition) is 3. The molecule has 1 aliphatic heterocycles. The van der Waals surface area contributed by atoms with E-state index in [1.165, 1.54) is 0 Å². The van der Waals surface area contributed by atoms with Gasteiger partial charge in [0, 0.05) is 13.1 Å². The number of nitrogens with two attached hydrogens (primary N) is 1. The fraction of sp³-hybridized carbons (Fsp3) is 0.800. The predicted octanol–water partition coefficient (Wildman–Crippen LogP) is 0.627. The number of carbonyl (C=O) groups excluding carboxylic acids is 1. The Balaban J connectivity index is 2.48. The van der Waals surface area contributed by atoms with Crippen LogP contribution in [0.4, 0.5) is 0 Å². The summed E-state index contributed by atoms with van der Waals surface area (Å²) in [6.45, 7) is 5.91. The number of amidine groups is 1. The molecule has 1 fully saturated rings. The minimum atomic E-state index is -0.0518. The summed E-state index contributed by atoms with van der Waals surface area (Å²) in [7, 11) is 0. The van der Waals surface area contributed by atoms with Crippen molar-refractivity contribution in [1.82, 2.24) is 4.90 Å². The molecule has 2 atom stereocenters. The van der Waals surface area contributed by atoms with Crippen molar-refractivity contribution in [2.24, 2.45) is 22.7 Å². The quantitative estimate of drug-likeness (QED) is 0.305. The zero-order valence-corrected chi connectivity index (χ0v) is 9.31. The summed E-state index contributed by atoms with van der Waals surface area (Å²) in [5.74, 6) is 1.11. The van der Waals surface area contributed by atoms with Crippen LogP contribution in [0.25, 0.3) is 0 Å². The van der Waals surface area contributed by atoms with Gasteiger partial charge in [-0.25, -0.2) is 0 Å². The van der Waals surface area contributed by atoms with Gasteiger partial charge in [0.2, 0.25) is 5.91 Å². The number of nitrogens with zero attached hydrogens (tertiary/aromatic N) is 2. The van der Waals surface area contributed by atoms with Gasteiger partial charge < -0.3 is 15.8 Å². The Morgan fingerprint density at radius 2 is 2.20 bits per heavy atom. The first-order chi connectivity index (χ1) is 7.04. The highest BCUT2D eigenvalue weighted by Crippen LogP contribution is 2.22. The fourth-order valence-electron chi connectivity index (χ4n) is 1.79. The lowest BCUT2D eigenvalue weighted by Gasteiger charge is -2.35. The third-order valence-electron chi connectivity index (χ3n) is 3.15. The Labute approximate surface area is 89.9 Å². The zero-order valence-electron chi connectivity index (χ0n) is 9.31. The van der Waals surface area contributed by atoms with Crippen LogP contribution < -0.4 is 5.73 Å². The molecule has 0 bridgehead atoms. The molecule has 0 aliphatic carbocycles. The number of hydrogen-bond donors (Lipinski definition) is 2. The SMILES string of the molecule is CC1CCN(C(=O)CC(N)=NO)CC1C. The van der Waals surface area contributed by atoms with Gasteiger partial charge in [-0.15, -0.1) is 0 Å². The molecule has 3 N–H and O–H groups in total. The smallest absolute Gasteiger partial charge is 0.230 e.